The van der Waals surface area contributed by atoms with Gasteiger partial charge in [-0.1, -0.05) is 49.3 Å². The predicted molar refractivity (Wildman–Crippen MR) is 147 cm³/mol. The molecule has 0 aliphatic carbocycles. The maximum absolute atomic E-state index is 13.6. The number of carbonyl (C=O) groups is 2. The van der Waals surface area contributed by atoms with Gasteiger partial charge in [0.15, 0.2) is 5.13 Å². The minimum atomic E-state index is -0.944. The Morgan fingerprint density at radius 2 is 1.87 bits per heavy atom. The van der Waals surface area contributed by atoms with Crippen molar-refractivity contribution in [3.8, 4) is 5.75 Å². The predicted octanol–water partition coefficient (Wildman–Crippen LogP) is 6.94. The first-order valence-corrected chi connectivity index (χ1v) is 13.4. The van der Waals surface area contributed by atoms with Gasteiger partial charge < -0.3 is 9.84 Å². The number of carbonyl (C=O) groups excluding carboxylic acids is 2. The molecule has 4 aromatic rings. The second-order valence-corrected chi connectivity index (χ2v) is 10.3. The number of aliphatic hydroxyl groups is 1. The molecule has 2 heterocycles. The van der Waals surface area contributed by atoms with Gasteiger partial charge in [-0.25, -0.2) is 9.37 Å². The average Bonchev–Trinajstić information content (AvgIpc) is 3.44. The number of thiazole rings is 1. The number of hydrogen-bond acceptors (Lipinski definition) is 6. The molecule has 0 bridgehead atoms. The Kier molecular flexibility index (Phi) is 7.24. The van der Waals surface area contributed by atoms with Gasteiger partial charge in [0, 0.05) is 5.56 Å². The molecule has 1 fully saturated rings. The number of ketones is 1. The molecular formula is C30H27FN2O4S. The van der Waals surface area contributed by atoms with E-state index in [1.54, 1.807) is 18.2 Å². The molecule has 1 unspecified atom stereocenters. The summed E-state index contributed by atoms with van der Waals surface area (Å²) >= 11 is 1.30. The summed E-state index contributed by atoms with van der Waals surface area (Å²) in [6.07, 6.45) is 3.03. The third kappa shape index (κ3) is 4.91. The molecule has 0 radical (unpaired) electrons. The molecule has 8 heteroatoms. The van der Waals surface area contributed by atoms with Gasteiger partial charge in [0.2, 0.25) is 0 Å². The molecule has 5 rings (SSSR count). The van der Waals surface area contributed by atoms with Crippen molar-refractivity contribution in [3.05, 3.63) is 94.8 Å². The van der Waals surface area contributed by atoms with Crippen LogP contribution in [0.1, 0.15) is 48.9 Å². The molecule has 0 saturated carbocycles. The van der Waals surface area contributed by atoms with Gasteiger partial charge in [0.1, 0.15) is 17.3 Å². The van der Waals surface area contributed by atoms with E-state index in [1.165, 1.54) is 40.5 Å². The minimum Gasteiger partial charge on any atom is -0.507 e. The number of unbranched alkanes of at least 4 members (excludes halogenated alkanes) is 2. The zero-order valence-corrected chi connectivity index (χ0v) is 21.9. The van der Waals surface area contributed by atoms with Gasteiger partial charge in [-0.2, -0.15) is 0 Å². The second kappa shape index (κ2) is 10.8. The highest BCUT2D eigenvalue weighted by molar-refractivity contribution is 7.22. The van der Waals surface area contributed by atoms with Crippen LogP contribution in [0.15, 0.2) is 72.3 Å². The average molecular weight is 531 g/mol. The monoisotopic (exact) mass is 530 g/mol. The topological polar surface area (TPSA) is 79.7 Å². The van der Waals surface area contributed by atoms with Crippen molar-refractivity contribution in [1.29, 1.82) is 0 Å². The number of aryl methyl sites for hydroxylation is 1. The molecule has 38 heavy (non-hydrogen) atoms. The zero-order chi connectivity index (χ0) is 26.8. The van der Waals surface area contributed by atoms with Crippen LogP contribution >= 0.6 is 11.3 Å². The van der Waals surface area contributed by atoms with E-state index < -0.39 is 23.5 Å². The Morgan fingerprint density at radius 1 is 1.08 bits per heavy atom. The van der Waals surface area contributed by atoms with Crippen LogP contribution in [0.4, 0.5) is 9.52 Å². The Hall–Kier alpha value is -4.04. The van der Waals surface area contributed by atoms with E-state index in [1.807, 2.05) is 31.2 Å². The number of nitrogens with zero attached hydrogens (tertiary/aromatic N) is 2. The first-order valence-electron chi connectivity index (χ1n) is 12.5. The second-order valence-electron chi connectivity index (χ2n) is 9.27. The normalized spacial score (nSPS) is 16.9. The van der Waals surface area contributed by atoms with Crippen molar-refractivity contribution in [2.45, 2.75) is 39.2 Å². The third-order valence-corrected chi connectivity index (χ3v) is 7.51. The van der Waals surface area contributed by atoms with Gasteiger partial charge in [-0.05, 0) is 73.0 Å². The lowest BCUT2D eigenvalue weighted by Gasteiger charge is -2.23. The fourth-order valence-corrected chi connectivity index (χ4v) is 5.64. The van der Waals surface area contributed by atoms with Gasteiger partial charge in [-0.3, -0.25) is 14.5 Å². The van der Waals surface area contributed by atoms with Crippen LogP contribution in [0, 0.1) is 12.7 Å². The summed E-state index contributed by atoms with van der Waals surface area (Å²) in [5.41, 5.74) is 2.51. The van der Waals surface area contributed by atoms with Gasteiger partial charge in [-0.15, -0.1) is 0 Å². The van der Waals surface area contributed by atoms with Crippen LogP contribution in [-0.4, -0.2) is 28.4 Å². The first kappa shape index (κ1) is 25.6. The number of rotatable bonds is 8. The van der Waals surface area contributed by atoms with Crippen molar-refractivity contribution in [1.82, 2.24) is 4.98 Å². The highest BCUT2D eigenvalue weighted by Crippen LogP contribution is 2.45. The van der Waals surface area contributed by atoms with E-state index in [4.69, 9.17) is 4.74 Å². The largest absolute Gasteiger partial charge is 0.507 e. The van der Waals surface area contributed by atoms with Crippen LogP contribution in [0.5, 0.6) is 5.75 Å². The van der Waals surface area contributed by atoms with Crippen molar-refractivity contribution in [2.75, 3.05) is 11.5 Å². The van der Waals surface area contributed by atoms with Crippen LogP contribution in [-0.2, 0) is 9.59 Å². The fraction of sp³-hybridized carbons (Fsp3) is 0.233. The van der Waals surface area contributed by atoms with Crippen molar-refractivity contribution in [2.24, 2.45) is 0 Å². The number of halogens is 1. The lowest BCUT2D eigenvalue weighted by atomic mass is 9.95. The Morgan fingerprint density at radius 3 is 2.63 bits per heavy atom. The molecular weight excluding hydrogens is 503 g/mol. The number of anilines is 1. The summed E-state index contributed by atoms with van der Waals surface area (Å²) in [4.78, 5) is 32.9. The molecule has 1 saturated heterocycles. The summed E-state index contributed by atoms with van der Waals surface area (Å²) < 4.78 is 20.4. The van der Waals surface area contributed by atoms with Gasteiger partial charge in [0.05, 0.1) is 28.4 Å². The molecule has 1 aromatic heterocycles. The number of fused-ring (bicyclic) bond motifs is 1. The summed E-state index contributed by atoms with van der Waals surface area (Å²) in [6, 6.07) is 17.2. The molecule has 1 aliphatic heterocycles. The van der Waals surface area contributed by atoms with E-state index in [9.17, 15) is 19.1 Å². The number of aromatic nitrogens is 1. The quantitative estimate of drug-likeness (QED) is 0.116. The summed E-state index contributed by atoms with van der Waals surface area (Å²) in [5.74, 6) is -1.87. The Balaban J connectivity index is 1.64. The van der Waals surface area contributed by atoms with E-state index in [0.29, 0.717) is 28.6 Å². The number of hydrogen-bond donors (Lipinski definition) is 1. The summed E-state index contributed by atoms with van der Waals surface area (Å²) in [6.45, 7) is 4.64. The zero-order valence-electron chi connectivity index (χ0n) is 21.1. The highest BCUT2D eigenvalue weighted by Gasteiger charge is 2.48. The van der Waals surface area contributed by atoms with Gasteiger partial charge in [0.25, 0.3) is 5.78 Å². The van der Waals surface area contributed by atoms with Crippen LogP contribution < -0.4 is 9.64 Å². The van der Waals surface area contributed by atoms with Gasteiger partial charge >= 0.3 is 5.91 Å². The lowest BCUT2D eigenvalue weighted by molar-refractivity contribution is -0.132. The summed E-state index contributed by atoms with van der Waals surface area (Å²) in [7, 11) is 0. The Labute approximate surface area is 224 Å². The molecule has 1 amide bonds. The number of amides is 1. The third-order valence-electron chi connectivity index (χ3n) is 6.49. The van der Waals surface area contributed by atoms with E-state index in [2.05, 4.69) is 11.9 Å². The number of ether oxygens (including phenoxy) is 1. The van der Waals surface area contributed by atoms with Crippen molar-refractivity contribution >= 4 is 44.1 Å². The fourth-order valence-electron chi connectivity index (χ4n) is 4.55. The van der Waals surface area contributed by atoms with E-state index in [0.717, 1.165) is 29.5 Å². The SMILES string of the molecule is CCCCCOc1cccc(C2/C(=C(\O)c3ccc(F)cc3)C(=O)C(=O)N2c2nc3ccc(C)cc3s2)c1. The smallest absolute Gasteiger partial charge is 0.301 e. The maximum atomic E-state index is 13.6. The van der Waals surface area contributed by atoms with Crippen LogP contribution in [0.2, 0.25) is 0 Å². The molecule has 194 valence electrons. The molecule has 0 spiro atoms. The molecule has 3 aromatic carbocycles. The van der Waals surface area contributed by atoms with Crippen molar-refractivity contribution in [3.63, 3.8) is 0 Å². The number of benzene rings is 3. The molecule has 1 aliphatic rings. The number of Topliss-reactive ketones (excluding diaryl/α,β-unsaturated/α-hetero) is 1. The Bertz CT molecular complexity index is 1540. The highest BCUT2D eigenvalue weighted by atomic mass is 32.1. The summed E-state index contributed by atoms with van der Waals surface area (Å²) in [5, 5.41) is 11.6. The van der Waals surface area contributed by atoms with Crippen LogP contribution in [0.3, 0.4) is 0 Å². The van der Waals surface area contributed by atoms with Crippen molar-refractivity contribution < 1.29 is 23.8 Å². The number of aliphatic hydroxyl groups excluding tert-OH is 1. The first-order chi connectivity index (χ1) is 18.4. The van der Waals surface area contributed by atoms with E-state index >= 15 is 0 Å². The van der Waals surface area contributed by atoms with Crippen LogP contribution in [0.25, 0.3) is 16.0 Å². The molecule has 1 atom stereocenters. The lowest BCUT2D eigenvalue weighted by Crippen LogP contribution is -2.29. The molecule has 6 nitrogen and oxygen atoms in total. The van der Waals surface area contributed by atoms with E-state index in [-0.39, 0.29) is 16.9 Å². The maximum Gasteiger partial charge on any atom is 0.301 e. The molecule has 1 N–H and O–H groups in total. The minimum absolute atomic E-state index is 0.0832. The standard InChI is InChI=1S/C30H27FN2O4S/c1-3-4-5-15-37-22-8-6-7-20(17-22)26-25(27(34)19-10-12-21(31)13-11-19)28(35)29(36)33(26)30-32-23-14-9-18(2)16-24(23)38-30/h6-14,16-17,26,34H,3-5,15H2,1-2H3/b27-25+.